The first-order chi connectivity index (χ1) is 15.5. The van der Waals surface area contributed by atoms with Crippen molar-refractivity contribution in [3.05, 3.63) is 52.6 Å². The number of fused-ring (bicyclic) bond motifs is 1. The highest BCUT2D eigenvalue weighted by molar-refractivity contribution is 5.89. The number of hydrazine groups is 1. The third-order valence-corrected chi connectivity index (χ3v) is 3.96. The molecule has 1 heterocycles. The second kappa shape index (κ2) is 10.5. The van der Waals surface area contributed by atoms with Crippen molar-refractivity contribution >= 4 is 40.2 Å². The summed E-state index contributed by atoms with van der Waals surface area (Å²) in [5, 5.41) is 31.6. The van der Waals surface area contributed by atoms with E-state index >= 15 is 0 Å². The van der Waals surface area contributed by atoms with Gasteiger partial charge in [0.15, 0.2) is 6.73 Å². The van der Waals surface area contributed by atoms with E-state index in [0.717, 1.165) is 0 Å². The van der Waals surface area contributed by atoms with Crippen molar-refractivity contribution in [1.82, 2.24) is 25.7 Å². The predicted octanol–water partition coefficient (Wildman–Crippen LogP) is 1.66. The van der Waals surface area contributed by atoms with Crippen LogP contribution in [0.5, 0.6) is 0 Å². The van der Waals surface area contributed by atoms with Gasteiger partial charge in [0.1, 0.15) is 5.52 Å². The zero-order valence-corrected chi connectivity index (χ0v) is 16.3. The lowest BCUT2D eigenvalue weighted by Gasteiger charge is -2.11. The van der Waals surface area contributed by atoms with Crippen LogP contribution in [0.2, 0.25) is 0 Å². The Morgan fingerprint density at radius 2 is 1.91 bits per heavy atom. The number of rotatable bonds is 9. The molecule has 0 atom stereocenters. The van der Waals surface area contributed by atoms with Gasteiger partial charge in [-0.15, -0.1) is 5.10 Å². The van der Waals surface area contributed by atoms with Crippen LogP contribution in [-0.2, 0) is 16.4 Å². The number of aromatic nitrogens is 3. The van der Waals surface area contributed by atoms with Gasteiger partial charge in [-0.3, -0.25) is 20.8 Å². The highest BCUT2D eigenvalue weighted by Crippen LogP contribution is 2.18. The van der Waals surface area contributed by atoms with Crippen LogP contribution in [0.25, 0.3) is 11.0 Å². The Bertz CT molecular complexity index is 1100. The first-order valence-electron chi connectivity index (χ1n) is 9.04. The molecular formula is C17H18N8O7. The van der Waals surface area contributed by atoms with Crippen molar-refractivity contribution in [3.63, 3.8) is 0 Å². The first kappa shape index (κ1) is 22.2. The molecule has 1 aromatic heterocycles. The van der Waals surface area contributed by atoms with Crippen LogP contribution < -0.4 is 21.5 Å². The van der Waals surface area contributed by atoms with Gasteiger partial charge in [-0.2, -0.15) is 0 Å². The summed E-state index contributed by atoms with van der Waals surface area (Å²) in [5.74, 6) is 0. The summed E-state index contributed by atoms with van der Waals surface area (Å²) in [5.41, 5.74) is 6.62. The highest BCUT2D eigenvalue weighted by Gasteiger charge is 2.12. The summed E-state index contributed by atoms with van der Waals surface area (Å²) in [7, 11) is 0. The number of nitrogens with zero attached hydrogens (tertiary/aromatic N) is 4. The number of carbonyl (C=O) groups is 2. The number of anilines is 2. The molecule has 2 aromatic carbocycles. The van der Waals surface area contributed by atoms with E-state index in [-0.39, 0.29) is 25.6 Å². The molecule has 0 radical (unpaired) electrons. The maximum atomic E-state index is 11.9. The average Bonchev–Trinajstić information content (AvgIpc) is 3.19. The van der Waals surface area contributed by atoms with Crippen LogP contribution in [0, 0.1) is 10.1 Å². The van der Waals surface area contributed by atoms with Crippen molar-refractivity contribution in [2.75, 3.05) is 23.9 Å². The van der Waals surface area contributed by atoms with Crippen molar-refractivity contribution < 1.29 is 29.4 Å². The maximum Gasteiger partial charge on any atom is 0.427 e. The zero-order valence-electron chi connectivity index (χ0n) is 16.3. The molecule has 32 heavy (non-hydrogen) atoms. The number of benzene rings is 2. The third-order valence-electron chi connectivity index (χ3n) is 3.96. The maximum absolute atomic E-state index is 11.9. The van der Waals surface area contributed by atoms with Crippen LogP contribution >= 0.6 is 0 Å². The molecule has 0 aliphatic rings. The number of hydrogen-bond donors (Lipinski definition) is 5. The minimum atomic E-state index is -0.803. The summed E-state index contributed by atoms with van der Waals surface area (Å²) in [6.07, 6.45) is -0.803. The molecule has 15 heteroatoms. The number of urea groups is 1. The van der Waals surface area contributed by atoms with Gasteiger partial charge in [-0.25, -0.2) is 24.6 Å². The molecule has 15 nitrogen and oxygen atoms in total. The lowest BCUT2D eigenvalue weighted by molar-refractivity contribution is -0.384. The van der Waals surface area contributed by atoms with E-state index in [1.165, 1.54) is 22.9 Å². The molecule has 0 fully saturated rings. The van der Waals surface area contributed by atoms with Gasteiger partial charge >= 0.3 is 12.1 Å². The fourth-order valence-electron chi connectivity index (χ4n) is 2.47. The summed E-state index contributed by atoms with van der Waals surface area (Å²) >= 11 is 0. The lowest BCUT2D eigenvalue weighted by atomic mass is 10.3. The van der Waals surface area contributed by atoms with E-state index in [0.29, 0.717) is 22.4 Å². The van der Waals surface area contributed by atoms with Crippen LogP contribution in [0.15, 0.2) is 42.5 Å². The third kappa shape index (κ3) is 6.00. The van der Waals surface area contributed by atoms with Crippen molar-refractivity contribution in [2.45, 2.75) is 6.73 Å². The summed E-state index contributed by atoms with van der Waals surface area (Å²) in [6, 6.07) is 9.95. The van der Waals surface area contributed by atoms with E-state index in [2.05, 4.69) is 36.7 Å². The Labute approximate surface area is 179 Å². The molecule has 3 amide bonds. The summed E-state index contributed by atoms with van der Waals surface area (Å²) in [6.45, 7) is -0.160. The van der Waals surface area contributed by atoms with Crippen LogP contribution in [-0.4, -0.2) is 50.5 Å². The van der Waals surface area contributed by atoms with Gasteiger partial charge in [-0.1, -0.05) is 5.21 Å². The molecule has 0 spiro atoms. The fraction of sp³-hybridized carbons (Fsp3) is 0.176. The van der Waals surface area contributed by atoms with E-state index in [1.807, 2.05) is 0 Å². The molecule has 5 N–H and O–H groups in total. The second-order valence-corrected chi connectivity index (χ2v) is 6.12. The molecule has 0 unspecified atom stereocenters. The monoisotopic (exact) mass is 446 g/mol. The van der Waals surface area contributed by atoms with Gasteiger partial charge in [-0.05, 0) is 30.3 Å². The molecule has 0 aliphatic carbocycles. The number of nitrogens with one attached hydrogen (secondary N) is 4. The van der Waals surface area contributed by atoms with Crippen molar-refractivity contribution in [1.29, 1.82) is 0 Å². The topological polar surface area (TPSA) is 195 Å². The van der Waals surface area contributed by atoms with Gasteiger partial charge in [0.2, 0.25) is 0 Å². The van der Waals surface area contributed by atoms with Crippen molar-refractivity contribution in [3.8, 4) is 0 Å². The molecule has 3 aromatic rings. The Hall–Kier alpha value is -4.50. The number of hydrogen-bond acceptors (Lipinski definition) is 10. The molecule has 0 aliphatic heterocycles. The van der Waals surface area contributed by atoms with Gasteiger partial charge in [0.05, 0.1) is 22.7 Å². The van der Waals surface area contributed by atoms with Crippen LogP contribution in [0.1, 0.15) is 0 Å². The van der Waals surface area contributed by atoms with E-state index < -0.39 is 17.0 Å². The summed E-state index contributed by atoms with van der Waals surface area (Å²) < 4.78 is 6.31. The quantitative estimate of drug-likeness (QED) is 0.140. The van der Waals surface area contributed by atoms with Gasteiger partial charge < -0.3 is 15.4 Å². The standard InChI is InChI=1S/C17H18N8O7/c26-16(18-7-8-32-30)19-11-1-3-12(4-2-11)20-22-17(27)31-10-24-15-6-5-13(25(28)29)9-14(15)21-23-24/h1-6,9,20,30H,7-8,10H2,(H,22,27)(H2,18,19,26). The van der Waals surface area contributed by atoms with Crippen LogP contribution in [0.4, 0.5) is 26.7 Å². The molecule has 0 saturated carbocycles. The molecule has 168 valence electrons. The summed E-state index contributed by atoms with van der Waals surface area (Å²) in [4.78, 5) is 37.6. The number of non-ortho nitro benzene ring substituents is 1. The van der Waals surface area contributed by atoms with Crippen LogP contribution in [0.3, 0.4) is 0 Å². The normalized spacial score (nSPS) is 10.4. The first-order valence-corrected chi connectivity index (χ1v) is 9.04. The number of nitro benzene ring substituents is 1. The number of ether oxygens (including phenoxy) is 1. The van der Waals surface area contributed by atoms with Gasteiger partial charge in [0.25, 0.3) is 5.69 Å². The zero-order chi connectivity index (χ0) is 22.9. The molecule has 0 bridgehead atoms. The number of amides is 3. The smallest absolute Gasteiger partial charge is 0.425 e. The highest BCUT2D eigenvalue weighted by atomic mass is 17.1. The predicted molar refractivity (Wildman–Crippen MR) is 109 cm³/mol. The van der Waals surface area contributed by atoms with E-state index in [4.69, 9.17) is 9.99 Å². The Kier molecular flexibility index (Phi) is 7.29. The Balaban J connectivity index is 1.44. The number of carbonyl (C=O) groups excluding carboxylic acids is 2. The Morgan fingerprint density at radius 1 is 1.16 bits per heavy atom. The minimum Gasteiger partial charge on any atom is -0.425 e. The second-order valence-electron chi connectivity index (χ2n) is 6.12. The average molecular weight is 446 g/mol. The number of nitro groups is 1. The van der Waals surface area contributed by atoms with E-state index in [9.17, 15) is 19.7 Å². The molecule has 0 saturated heterocycles. The lowest BCUT2D eigenvalue weighted by Crippen LogP contribution is -2.31. The minimum absolute atomic E-state index is 0.0340. The molecular weight excluding hydrogens is 428 g/mol. The van der Waals surface area contributed by atoms with Crippen molar-refractivity contribution in [2.24, 2.45) is 0 Å². The largest absolute Gasteiger partial charge is 0.427 e. The van der Waals surface area contributed by atoms with Gasteiger partial charge in [0, 0.05) is 24.4 Å². The Morgan fingerprint density at radius 3 is 2.62 bits per heavy atom. The van der Waals surface area contributed by atoms with E-state index in [1.54, 1.807) is 24.3 Å². The SMILES string of the molecule is O=C(NCCOO)Nc1ccc(NNC(=O)OCn2nnc3cc([N+](=O)[O-])ccc32)cc1. The molecule has 3 rings (SSSR count). The fourth-order valence-corrected chi connectivity index (χ4v) is 2.47.